The molecular formula is C23H25F4N5O4. The second-order valence-corrected chi connectivity index (χ2v) is 8.91. The lowest BCUT2D eigenvalue weighted by Gasteiger charge is -2.44. The first-order chi connectivity index (χ1) is 17.2. The highest BCUT2D eigenvalue weighted by molar-refractivity contribution is 5.96. The van der Waals surface area contributed by atoms with E-state index in [4.69, 9.17) is 9.47 Å². The van der Waals surface area contributed by atoms with Crippen molar-refractivity contribution in [3.05, 3.63) is 41.0 Å². The van der Waals surface area contributed by atoms with Crippen molar-refractivity contribution in [3.63, 3.8) is 0 Å². The normalized spacial score (nSPS) is 20.1. The number of aromatic nitrogens is 2. The summed E-state index contributed by atoms with van der Waals surface area (Å²) in [5, 5.41) is 7.32. The van der Waals surface area contributed by atoms with Crippen molar-refractivity contribution in [2.75, 3.05) is 46.5 Å². The van der Waals surface area contributed by atoms with Gasteiger partial charge in [0.25, 0.3) is 11.8 Å². The molecule has 0 aliphatic carbocycles. The van der Waals surface area contributed by atoms with Crippen molar-refractivity contribution in [2.24, 2.45) is 0 Å². The molecule has 0 atom stereocenters. The number of hydrogen-bond acceptors (Lipinski definition) is 6. The zero-order valence-corrected chi connectivity index (χ0v) is 19.6. The average molecular weight is 511 g/mol. The van der Waals surface area contributed by atoms with Crippen molar-refractivity contribution in [1.29, 1.82) is 0 Å². The number of halogens is 4. The topological polar surface area (TPSA) is 80.1 Å². The SMILES string of the molecule is COc1ccc(-n2nc(C(F)(F)F)c3c2C(=O)N(C2CCN(N4CCOCC4=O)CC2)CC3)cc1F. The zero-order valence-electron chi connectivity index (χ0n) is 19.6. The van der Waals surface area contributed by atoms with Gasteiger partial charge in [-0.3, -0.25) is 14.6 Å². The number of alkyl halides is 3. The molecule has 5 rings (SSSR count). The molecule has 4 heterocycles. The fourth-order valence-corrected chi connectivity index (χ4v) is 5.14. The van der Waals surface area contributed by atoms with Gasteiger partial charge < -0.3 is 14.4 Å². The van der Waals surface area contributed by atoms with Gasteiger partial charge in [0.15, 0.2) is 17.3 Å². The molecule has 1 aromatic heterocycles. The van der Waals surface area contributed by atoms with E-state index in [9.17, 15) is 27.2 Å². The number of carbonyl (C=O) groups is 2. The molecule has 0 N–H and O–H groups in total. The highest BCUT2D eigenvalue weighted by Gasteiger charge is 2.44. The van der Waals surface area contributed by atoms with E-state index in [2.05, 4.69) is 5.10 Å². The number of amides is 2. The first kappa shape index (κ1) is 24.5. The number of nitrogens with zero attached hydrogens (tertiary/aromatic N) is 5. The second kappa shape index (κ2) is 9.36. The Morgan fingerprint density at radius 2 is 1.86 bits per heavy atom. The van der Waals surface area contributed by atoms with Crippen molar-refractivity contribution in [1.82, 2.24) is 24.7 Å². The first-order valence-corrected chi connectivity index (χ1v) is 11.7. The number of hydrogen-bond donors (Lipinski definition) is 0. The second-order valence-electron chi connectivity index (χ2n) is 8.91. The number of rotatable bonds is 4. The summed E-state index contributed by atoms with van der Waals surface area (Å²) in [6.45, 7) is 2.14. The summed E-state index contributed by atoms with van der Waals surface area (Å²) in [6.07, 6.45) is -3.66. The van der Waals surface area contributed by atoms with Crippen LogP contribution in [0.25, 0.3) is 5.69 Å². The van der Waals surface area contributed by atoms with Gasteiger partial charge in [-0.25, -0.2) is 14.1 Å². The third kappa shape index (κ3) is 4.30. The Kier molecular flexibility index (Phi) is 6.37. The van der Waals surface area contributed by atoms with Crippen LogP contribution in [0, 0.1) is 5.82 Å². The van der Waals surface area contributed by atoms with E-state index in [1.165, 1.54) is 19.2 Å². The molecule has 13 heteroatoms. The molecule has 2 aromatic rings. The van der Waals surface area contributed by atoms with E-state index in [0.717, 1.165) is 10.7 Å². The Morgan fingerprint density at radius 3 is 2.50 bits per heavy atom. The van der Waals surface area contributed by atoms with Crippen molar-refractivity contribution >= 4 is 11.8 Å². The maximum atomic E-state index is 14.4. The minimum atomic E-state index is -4.77. The molecular weight excluding hydrogens is 486 g/mol. The summed E-state index contributed by atoms with van der Waals surface area (Å²) in [5.41, 5.74) is -1.53. The average Bonchev–Trinajstić information content (AvgIpc) is 3.26. The molecule has 0 bridgehead atoms. The molecule has 9 nitrogen and oxygen atoms in total. The quantitative estimate of drug-likeness (QED) is 0.587. The van der Waals surface area contributed by atoms with Crippen molar-refractivity contribution in [2.45, 2.75) is 31.5 Å². The largest absolute Gasteiger partial charge is 0.494 e. The van der Waals surface area contributed by atoms with E-state index >= 15 is 0 Å². The van der Waals surface area contributed by atoms with Gasteiger partial charge in [0.2, 0.25) is 0 Å². The summed E-state index contributed by atoms with van der Waals surface area (Å²) < 4.78 is 66.7. The number of benzene rings is 1. The maximum absolute atomic E-state index is 14.4. The third-order valence-electron chi connectivity index (χ3n) is 6.88. The van der Waals surface area contributed by atoms with Gasteiger partial charge in [-0.05, 0) is 31.4 Å². The minimum Gasteiger partial charge on any atom is -0.494 e. The molecule has 2 amide bonds. The highest BCUT2D eigenvalue weighted by Crippen LogP contribution is 2.37. The van der Waals surface area contributed by atoms with Crippen LogP contribution in [0.1, 0.15) is 34.6 Å². The molecule has 3 aliphatic rings. The Bertz CT molecular complexity index is 1180. The molecule has 2 fully saturated rings. The monoisotopic (exact) mass is 511 g/mol. The lowest BCUT2D eigenvalue weighted by atomic mass is 9.97. The van der Waals surface area contributed by atoms with Crippen LogP contribution < -0.4 is 4.74 Å². The predicted octanol–water partition coefficient (Wildman–Crippen LogP) is 2.28. The van der Waals surface area contributed by atoms with Crippen LogP contribution in [0.2, 0.25) is 0 Å². The summed E-state index contributed by atoms with van der Waals surface area (Å²) in [6, 6.07) is 3.43. The Labute approximate surface area is 204 Å². The number of morpholine rings is 1. The molecule has 3 aliphatic heterocycles. The standard InChI is InChI=1S/C23H25F4N5O4/c1-35-18-3-2-15(12-17(18)24)32-20-16(21(28-32)23(25,26)27)6-9-30(22(20)34)14-4-7-29(8-5-14)31-10-11-36-13-19(31)33/h2-3,12,14H,4-11,13H2,1H3. The zero-order chi connectivity index (χ0) is 25.6. The molecule has 1 aromatic carbocycles. The smallest absolute Gasteiger partial charge is 0.435 e. The fourth-order valence-electron chi connectivity index (χ4n) is 5.14. The van der Waals surface area contributed by atoms with Crippen LogP contribution in [-0.2, 0) is 22.1 Å². The van der Waals surface area contributed by atoms with Gasteiger partial charge in [0, 0.05) is 37.3 Å². The number of ether oxygens (including phenoxy) is 2. The molecule has 0 spiro atoms. The van der Waals surface area contributed by atoms with E-state index < -0.39 is 23.6 Å². The maximum Gasteiger partial charge on any atom is 0.435 e. The van der Waals surface area contributed by atoms with Crippen LogP contribution in [-0.4, -0.2) is 89.1 Å². The third-order valence-corrected chi connectivity index (χ3v) is 6.88. The Morgan fingerprint density at radius 1 is 1.11 bits per heavy atom. The van der Waals surface area contributed by atoms with E-state index in [-0.39, 0.29) is 54.2 Å². The molecule has 36 heavy (non-hydrogen) atoms. The number of hydrazine groups is 1. The molecule has 0 radical (unpaired) electrons. The van der Waals surface area contributed by atoms with Gasteiger partial charge >= 0.3 is 6.18 Å². The minimum absolute atomic E-state index is 0.00380. The van der Waals surface area contributed by atoms with Crippen LogP contribution in [0.15, 0.2) is 18.2 Å². The number of carbonyl (C=O) groups excluding carboxylic acids is 2. The van der Waals surface area contributed by atoms with Gasteiger partial charge in [0.1, 0.15) is 12.3 Å². The number of methoxy groups -OCH3 is 1. The Balaban J connectivity index is 1.42. The number of fused-ring (bicyclic) bond motifs is 1. The number of piperidine rings is 1. The van der Waals surface area contributed by atoms with Gasteiger partial charge in [-0.1, -0.05) is 0 Å². The van der Waals surface area contributed by atoms with Crippen LogP contribution in [0.4, 0.5) is 17.6 Å². The van der Waals surface area contributed by atoms with Gasteiger partial charge in [0.05, 0.1) is 25.9 Å². The molecule has 2 saturated heterocycles. The van der Waals surface area contributed by atoms with Crippen molar-refractivity contribution in [3.8, 4) is 11.4 Å². The fraction of sp³-hybridized carbons (Fsp3) is 0.522. The Hall–Kier alpha value is -3.19. The molecule has 0 saturated carbocycles. The summed E-state index contributed by atoms with van der Waals surface area (Å²) in [7, 11) is 1.28. The van der Waals surface area contributed by atoms with Crippen LogP contribution in [0.3, 0.4) is 0 Å². The van der Waals surface area contributed by atoms with Crippen molar-refractivity contribution < 1.29 is 36.6 Å². The van der Waals surface area contributed by atoms with E-state index in [0.29, 0.717) is 39.1 Å². The highest BCUT2D eigenvalue weighted by atomic mass is 19.4. The van der Waals surface area contributed by atoms with Gasteiger partial charge in [-0.2, -0.15) is 18.3 Å². The van der Waals surface area contributed by atoms with Crippen LogP contribution in [0.5, 0.6) is 5.75 Å². The summed E-state index contributed by atoms with van der Waals surface area (Å²) in [4.78, 5) is 27.3. The lowest BCUT2D eigenvalue weighted by molar-refractivity contribution is -0.168. The van der Waals surface area contributed by atoms with Crippen LogP contribution >= 0.6 is 0 Å². The van der Waals surface area contributed by atoms with E-state index in [1.54, 1.807) is 9.91 Å². The van der Waals surface area contributed by atoms with Gasteiger partial charge in [-0.15, -0.1) is 0 Å². The first-order valence-electron chi connectivity index (χ1n) is 11.7. The molecule has 0 unspecified atom stereocenters. The van der Waals surface area contributed by atoms with E-state index in [1.807, 2.05) is 5.01 Å². The lowest BCUT2D eigenvalue weighted by Crippen LogP contribution is -2.57. The molecule has 194 valence electrons. The summed E-state index contributed by atoms with van der Waals surface area (Å²) in [5.74, 6) is -1.54. The predicted molar refractivity (Wildman–Crippen MR) is 117 cm³/mol. The summed E-state index contributed by atoms with van der Waals surface area (Å²) >= 11 is 0.